The van der Waals surface area contributed by atoms with Crippen molar-refractivity contribution in [3.8, 4) is 11.8 Å². The number of nitrogens with zero attached hydrogens (tertiary/aromatic N) is 5. The maximum atomic E-state index is 11.1. The molecule has 0 fully saturated rings. The molecule has 9 heteroatoms. The van der Waals surface area contributed by atoms with Crippen molar-refractivity contribution < 1.29 is 14.8 Å². The molecule has 2 heterocycles. The van der Waals surface area contributed by atoms with Crippen LogP contribution < -0.4 is 4.74 Å². The molecule has 0 aliphatic heterocycles. The zero-order chi connectivity index (χ0) is 19.6. The Hall–Kier alpha value is -3.93. The largest absolute Gasteiger partial charge is 0.507 e. The summed E-state index contributed by atoms with van der Waals surface area (Å²) >= 11 is 0. The van der Waals surface area contributed by atoms with Crippen molar-refractivity contribution in [3.63, 3.8) is 0 Å². The number of benzene rings is 1. The number of ether oxygens (including phenoxy) is 1. The zero-order valence-electron chi connectivity index (χ0n) is 14.6. The summed E-state index contributed by atoms with van der Waals surface area (Å²) in [7, 11) is 1.73. The lowest BCUT2D eigenvalue weighted by molar-refractivity contribution is -0.390. The predicted molar refractivity (Wildman–Crippen MR) is 97.0 cm³/mol. The number of hydrogen-bond acceptors (Lipinski definition) is 7. The van der Waals surface area contributed by atoms with E-state index in [0.29, 0.717) is 11.2 Å². The molecule has 1 N–H and O–H groups in total. The number of imidazole rings is 1. The van der Waals surface area contributed by atoms with Crippen LogP contribution in [0.2, 0.25) is 0 Å². The summed E-state index contributed by atoms with van der Waals surface area (Å²) in [6.07, 6.45) is 0. The Morgan fingerprint density at radius 3 is 2.74 bits per heavy atom. The van der Waals surface area contributed by atoms with E-state index in [9.17, 15) is 20.5 Å². The second kappa shape index (κ2) is 7.13. The first kappa shape index (κ1) is 17.9. The Morgan fingerprint density at radius 2 is 2.07 bits per heavy atom. The first-order valence-corrected chi connectivity index (χ1v) is 7.91. The summed E-state index contributed by atoms with van der Waals surface area (Å²) in [6, 6.07) is 12.2. The number of fused-ring (bicyclic) bond motifs is 1. The minimum absolute atomic E-state index is 0.0728. The molecule has 3 rings (SSSR count). The third-order valence-corrected chi connectivity index (χ3v) is 3.93. The van der Waals surface area contributed by atoms with Crippen LogP contribution in [0.25, 0.3) is 16.6 Å². The number of hydrogen-bond donors (Lipinski definition) is 1. The molecule has 0 bridgehead atoms. The molecular formula is C18H15N5O4. The molecule has 0 saturated carbocycles. The van der Waals surface area contributed by atoms with Gasteiger partial charge in [0, 0.05) is 14.0 Å². The fourth-order valence-corrected chi connectivity index (χ4v) is 2.60. The molecule has 0 amide bonds. The van der Waals surface area contributed by atoms with E-state index < -0.39 is 17.3 Å². The Bertz CT molecular complexity index is 1110. The van der Waals surface area contributed by atoms with E-state index in [-0.39, 0.29) is 22.9 Å². The summed E-state index contributed by atoms with van der Waals surface area (Å²) in [5, 5.41) is 30.9. The molecule has 0 spiro atoms. The first-order valence-electron chi connectivity index (χ1n) is 7.91. The summed E-state index contributed by atoms with van der Waals surface area (Å²) in [4.78, 5) is 18.6. The molecule has 3 aromatic rings. The topological polar surface area (TPSA) is 127 Å². The number of para-hydroxylation sites is 2. The van der Waals surface area contributed by atoms with Gasteiger partial charge >= 0.3 is 5.82 Å². The Morgan fingerprint density at radius 1 is 1.33 bits per heavy atom. The van der Waals surface area contributed by atoms with Crippen LogP contribution in [0, 0.1) is 28.4 Å². The van der Waals surface area contributed by atoms with E-state index in [2.05, 4.69) is 9.97 Å². The minimum Gasteiger partial charge on any atom is -0.507 e. The highest BCUT2D eigenvalue weighted by Gasteiger charge is 2.20. The van der Waals surface area contributed by atoms with Gasteiger partial charge in [-0.1, -0.05) is 12.1 Å². The van der Waals surface area contributed by atoms with Crippen LogP contribution in [0.4, 0.5) is 5.82 Å². The van der Waals surface area contributed by atoms with Crippen molar-refractivity contribution in [2.45, 2.75) is 6.92 Å². The van der Waals surface area contributed by atoms with Gasteiger partial charge < -0.3 is 24.5 Å². The van der Waals surface area contributed by atoms with Crippen LogP contribution in [0.5, 0.6) is 5.75 Å². The van der Waals surface area contributed by atoms with E-state index in [1.165, 1.54) is 6.07 Å². The molecule has 27 heavy (non-hydrogen) atoms. The number of rotatable bonds is 5. The van der Waals surface area contributed by atoms with Crippen LogP contribution in [0.15, 0.2) is 42.2 Å². The predicted octanol–water partition coefficient (Wildman–Crippen LogP) is 3.06. The monoisotopic (exact) mass is 365 g/mol. The van der Waals surface area contributed by atoms with Crippen molar-refractivity contribution in [1.29, 1.82) is 5.26 Å². The number of aliphatic hydroxyl groups is 1. The number of nitro groups is 1. The molecule has 136 valence electrons. The van der Waals surface area contributed by atoms with Gasteiger partial charge in [0.1, 0.15) is 23.9 Å². The fraction of sp³-hybridized carbons (Fsp3) is 0.167. The highest BCUT2D eigenvalue weighted by atomic mass is 16.6. The van der Waals surface area contributed by atoms with Crippen molar-refractivity contribution in [3.05, 3.63) is 63.8 Å². The SMILES string of the molecule is Cc1ccc(OC/C(O)=C(\C#N)c2nc3ccccc3n2C)c([N+](=O)[O-])n1. The minimum atomic E-state index is -0.667. The highest BCUT2D eigenvalue weighted by Crippen LogP contribution is 2.26. The van der Waals surface area contributed by atoms with Crippen LogP contribution in [-0.4, -0.2) is 31.2 Å². The van der Waals surface area contributed by atoms with Crippen LogP contribution >= 0.6 is 0 Å². The average molecular weight is 365 g/mol. The lowest BCUT2D eigenvalue weighted by Gasteiger charge is -2.08. The van der Waals surface area contributed by atoms with Gasteiger partial charge in [0.15, 0.2) is 11.6 Å². The molecule has 9 nitrogen and oxygen atoms in total. The second-order valence-corrected chi connectivity index (χ2v) is 5.74. The number of allylic oxidation sites excluding steroid dienone is 1. The first-order chi connectivity index (χ1) is 12.9. The molecule has 1 aromatic carbocycles. The third kappa shape index (κ3) is 3.41. The lowest BCUT2D eigenvalue weighted by Crippen LogP contribution is -2.08. The number of aromatic nitrogens is 3. The third-order valence-electron chi connectivity index (χ3n) is 3.93. The number of aliphatic hydroxyl groups excluding tert-OH is 1. The van der Waals surface area contributed by atoms with Crippen molar-refractivity contribution in [1.82, 2.24) is 14.5 Å². The van der Waals surface area contributed by atoms with Crippen LogP contribution in [-0.2, 0) is 7.05 Å². The van der Waals surface area contributed by atoms with Gasteiger partial charge in [0.25, 0.3) is 0 Å². The molecule has 0 radical (unpaired) electrons. The number of pyridine rings is 1. The van der Waals surface area contributed by atoms with Gasteiger partial charge in [-0.2, -0.15) is 5.26 Å². The standard InChI is InChI=1S/C18H15N5O4/c1-11-7-8-16(18(20-11)23(25)26)27-10-15(24)12(9-19)17-21-13-5-3-4-6-14(13)22(17)2/h3-8,24H,10H2,1-2H3/b15-12-. The van der Waals surface area contributed by atoms with Gasteiger partial charge in [-0.25, -0.2) is 4.98 Å². The normalized spacial score (nSPS) is 11.7. The molecule has 0 aliphatic carbocycles. The summed E-state index contributed by atoms with van der Waals surface area (Å²) < 4.78 is 7.01. The van der Waals surface area contributed by atoms with Crippen LogP contribution in [0.3, 0.4) is 0 Å². The Balaban J connectivity index is 1.94. The van der Waals surface area contributed by atoms with E-state index in [4.69, 9.17) is 4.74 Å². The molecule has 0 saturated heterocycles. The number of nitriles is 1. The van der Waals surface area contributed by atoms with Gasteiger partial charge in [0.2, 0.25) is 5.75 Å². The Kier molecular flexibility index (Phi) is 4.72. The average Bonchev–Trinajstić information content (AvgIpc) is 2.98. The molecule has 0 unspecified atom stereocenters. The molecular weight excluding hydrogens is 350 g/mol. The van der Waals surface area contributed by atoms with Gasteiger partial charge in [-0.3, -0.25) is 0 Å². The quantitative estimate of drug-likeness (QED) is 0.318. The van der Waals surface area contributed by atoms with Crippen molar-refractivity contribution in [2.24, 2.45) is 7.05 Å². The maximum absolute atomic E-state index is 11.1. The van der Waals surface area contributed by atoms with Gasteiger partial charge in [0.05, 0.1) is 11.0 Å². The zero-order valence-corrected chi connectivity index (χ0v) is 14.6. The van der Waals surface area contributed by atoms with E-state index >= 15 is 0 Å². The van der Waals surface area contributed by atoms with Crippen molar-refractivity contribution >= 4 is 22.4 Å². The Labute approximate surface area is 153 Å². The summed E-state index contributed by atoms with van der Waals surface area (Å²) in [5.41, 5.74) is 1.87. The van der Waals surface area contributed by atoms with Crippen LogP contribution in [0.1, 0.15) is 11.5 Å². The maximum Gasteiger partial charge on any atom is 0.406 e. The van der Waals surface area contributed by atoms with E-state index in [0.717, 1.165) is 5.52 Å². The van der Waals surface area contributed by atoms with E-state index in [1.54, 1.807) is 30.7 Å². The fourth-order valence-electron chi connectivity index (χ4n) is 2.60. The summed E-state index contributed by atoms with van der Waals surface area (Å²) in [5.74, 6) is -0.661. The smallest absolute Gasteiger partial charge is 0.406 e. The second-order valence-electron chi connectivity index (χ2n) is 5.74. The molecule has 0 atom stereocenters. The summed E-state index contributed by atoms with van der Waals surface area (Å²) in [6.45, 7) is 1.19. The van der Waals surface area contributed by atoms with Crippen molar-refractivity contribution in [2.75, 3.05) is 6.61 Å². The molecule has 0 aliphatic rings. The van der Waals surface area contributed by atoms with Gasteiger partial charge in [-0.05, 0) is 34.2 Å². The number of aryl methyl sites for hydroxylation is 2. The lowest BCUT2D eigenvalue weighted by atomic mass is 10.2. The molecule has 2 aromatic heterocycles. The highest BCUT2D eigenvalue weighted by molar-refractivity contribution is 5.83. The van der Waals surface area contributed by atoms with E-state index in [1.807, 2.05) is 24.3 Å². The van der Waals surface area contributed by atoms with Gasteiger partial charge in [-0.15, -0.1) is 0 Å².